The van der Waals surface area contributed by atoms with Gasteiger partial charge < -0.3 is 9.64 Å². The van der Waals surface area contributed by atoms with E-state index in [9.17, 15) is 4.79 Å². The summed E-state index contributed by atoms with van der Waals surface area (Å²) in [4.78, 5) is 13.7. The maximum atomic E-state index is 11.7. The molecule has 3 heteroatoms. The van der Waals surface area contributed by atoms with Crippen LogP contribution in [0, 0.1) is 0 Å². The van der Waals surface area contributed by atoms with E-state index in [4.69, 9.17) is 4.74 Å². The molecule has 0 aromatic rings. The number of rotatable bonds is 5. The average molecular weight is 213 g/mol. The zero-order valence-corrected chi connectivity index (χ0v) is 10.00. The zero-order chi connectivity index (χ0) is 11.1. The lowest BCUT2D eigenvalue weighted by Gasteiger charge is -2.32. The number of amides is 1. The first-order valence-corrected chi connectivity index (χ1v) is 6.17. The van der Waals surface area contributed by atoms with E-state index < -0.39 is 0 Å². The monoisotopic (exact) mass is 213 g/mol. The summed E-state index contributed by atoms with van der Waals surface area (Å²) in [7, 11) is 0. The standard InChI is InChI=1S/C12H23NO2/c1-3-6-12(14)13-8-5-7-11(10-13)15-9-4-2/h11H,3-10H2,1-2H3. The fourth-order valence-corrected chi connectivity index (χ4v) is 1.96. The molecule has 0 spiro atoms. The van der Waals surface area contributed by atoms with Gasteiger partial charge in [-0.05, 0) is 25.7 Å². The van der Waals surface area contributed by atoms with Crippen LogP contribution < -0.4 is 0 Å². The second-order valence-electron chi connectivity index (χ2n) is 4.22. The third kappa shape index (κ3) is 4.20. The minimum Gasteiger partial charge on any atom is -0.376 e. The van der Waals surface area contributed by atoms with Gasteiger partial charge in [-0.15, -0.1) is 0 Å². The van der Waals surface area contributed by atoms with Crippen molar-refractivity contribution in [2.75, 3.05) is 19.7 Å². The van der Waals surface area contributed by atoms with Crippen LogP contribution in [0.1, 0.15) is 46.0 Å². The van der Waals surface area contributed by atoms with Crippen molar-refractivity contribution in [3.05, 3.63) is 0 Å². The lowest BCUT2D eigenvalue weighted by Crippen LogP contribution is -2.43. The molecule has 1 aliphatic heterocycles. The molecular formula is C12H23NO2. The average Bonchev–Trinajstić information content (AvgIpc) is 2.27. The van der Waals surface area contributed by atoms with Gasteiger partial charge in [-0.2, -0.15) is 0 Å². The van der Waals surface area contributed by atoms with E-state index in [0.29, 0.717) is 12.3 Å². The van der Waals surface area contributed by atoms with Gasteiger partial charge in [0.05, 0.1) is 6.10 Å². The first-order chi connectivity index (χ1) is 7.27. The topological polar surface area (TPSA) is 29.5 Å². The van der Waals surface area contributed by atoms with Gasteiger partial charge in [0.15, 0.2) is 0 Å². The Bertz CT molecular complexity index is 194. The van der Waals surface area contributed by atoms with E-state index in [0.717, 1.165) is 45.4 Å². The summed E-state index contributed by atoms with van der Waals surface area (Å²) in [6, 6.07) is 0. The number of piperidine rings is 1. The molecule has 0 saturated carbocycles. The molecule has 1 heterocycles. The van der Waals surface area contributed by atoms with E-state index >= 15 is 0 Å². The Kier molecular flexibility index (Phi) is 5.69. The molecule has 1 fully saturated rings. The summed E-state index contributed by atoms with van der Waals surface area (Å²) in [6.45, 7) is 6.71. The molecule has 88 valence electrons. The summed E-state index contributed by atoms with van der Waals surface area (Å²) in [5, 5.41) is 0. The van der Waals surface area contributed by atoms with Crippen molar-refractivity contribution >= 4 is 5.91 Å². The Morgan fingerprint density at radius 3 is 2.87 bits per heavy atom. The van der Waals surface area contributed by atoms with Gasteiger partial charge in [0.25, 0.3) is 0 Å². The summed E-state index contributed by atoms with van der Waals surface area (Å²) < 4.78 is 5.70. The largest absolute Gasteiger partial charge is 0.376 e. The van der Waals surface area contributed by atoms with Crippen LogP contribution in [0.15, 0.2) is 0 Å². The van der Waals surface area contributed by atoms with E-state index in [1.165, 1.54) is 0 Å². The van der Waals surface area contributed by atoms with Crippen molar-refractivity contribution in [1.82, 2.24) is 4.90 Å². The van der Waals surface area contributed by atoms with Crippen LogP contribution in [0.4, 0.5) is 0 Å². The lowest BCUT2D eigenvalue weighted by molar-refractivity contribution is -0.135. The minimum absolute atomic E-state index is 0.277. The molecule has 1 amide bonds. The molecule has 0 aromatic heterocycles. The van der Waals surface area contributed by atoms with Gasteiger partial charge in [-0.25, -0.2) is 0 Å². The van der Waals surface area contributed by atoms with Crippen molar-refractivity contribution in [2.45, 2.75) is 52.1 Å². The van der Waals surface area contributed by atoms with E-state index in [2.05, 4.69) is 6.92 Å². The summed E-state index contributed by atoms with van der Waals surface area (Å²) in [5.74, 6) is 0.294. The number of nitrogens with zero attached hydrogens (tertiary/aromatic N) is 1. The molecule has 3 nitrogen and oxygen atoms in total. The number of carbonyl (C=O) groups is 1. The molecule has 0 aliphatic carbocycles. The molecule has 0 bridgehead atoms. The number of carbonyl (C=O) groups excluding carboxylic acids is 1. The molecule has 1 aliphatic rings. The second-order valence-corrected chi connectivity index (χ2v) is 4.22. The Balaban J connectivity index is 2.31. The van der Waals surface area contributed by atoms with Gasteiger partial charge in [0.2, 0.25) is 5.91 Å². The molecule has 0 N–H and O–H groups in total. The molecule has 0 aromatic carbocycles. The van der Waals surface area contributed by atoms with Gasteiger partial charge in [0.1, 0.15) is 0 Å². The van der Waals surface area contributed by atoms with E-state index in [1.54, 1.807) is 0 Å². The van der Waals surface area contributed by atoms with Crippen LogP contribution >= 0.6 is 0 Å². The number of hydrogen-bond acceptors (Lipinski definition) is 2. The summed E-state index contributed by atoms with van der Waals surface area (Å²) in [5.41, 5.74) is 0. The van der Waals surface area contributed by atoms with Crippen molar-refractivity contribution in [1.29, 1.82) is 0 Å². The molecule has 1 rings (SSSR count). The third-order valence-electron chi connectivity index (χ3n) is 2.75. The maximum Gasteiger partial charge on any atom is 0.222 e. The number of ether oxygens (including phenoxy) is 1. The molecule has 1 saturated heterocycles. The normalized spacial score (nSPS) is 21.7. The van der Waals surface area contributed by atoms with Gasteiger partial charge in [0, 0.05) is 26.1 Å². The van der Waals surface area contributed by atoms with Crippen LogP contribution in [0.25, 0.3) is 0 Å². The fourth-order valence-electron chi connectivity index (χ4n) is 1.96. The van der Waals surface area contributed by atoms with Crippen LogP contribution in [0.2, 0.25) is 0 Å². The quantitative estimate of drug-likeness (QED) is 0.700. The predicted molar refractivity (Wildman–Crippen MR) is 60.8 cm³/mol. The number of hydrogen-bond donors (Lipinski definition) is 0. The molecule has 1 unspecified atom stereocenters. The lowest BCUT2D eigenvalue weighted by atomic mass is 10.1. The minimum atomic E-state index is 0.277. The van der Waals surface area contributed by atoms with Crippen LogP contribution in [-0.2, 0) is 9.53 Å². The Morgan fingerprint density at radius 2 is 2.20 bits per heavy atom. The predicted octanol–water partition coefficient (Wildman–Crippen LogP) is 2.20. The van der Waals surface area contributed by atoms with E-state index in [1.807, 2.05) is 11.8 Å². The van der Waals surface area contributed by atoms with Crippen LogP contribution in [0.5, 0.6) is 0 Å². The highest BCUT2D eigenvalue weighted by Gasteiger charge is 2.23. The maximum absolute atomic E-state index is 11.7. The van der Waals surface area contributed by atoms with Gasteiger partial charge in [-0.1, -0.05) is 13.8 Å². The van der Waals surface area contributed by atoms with Crippen molar-refractivity contribution in [3.8, 4) is 0 Å². The first kappa shape index (κ1) is 12.5. The smallest absolute Gasteiger partial charge is 0.222 e. The summed E-state index contributed by atoms with van der Waals surface area (Å²) >= 11 is 0. The van der Waals surface area contributed by atoms with Crippen molar-refractivity contribution in [2.24, 2.45) is 0 Å². The zero-order valence-electron chi connectivity index (χ0n) is 10.00. The van der Waals surface area contributed by atoms with Gasteiger partial charge in [-0.3, -0.25) is 4.79 Å². The Labute approximate surface area is 92.8 Å². The SMILES string of the molecule is CCCOC1CCCN(C(=O)CCC)C1. The first-order valence-electron chi connectivity index (χ1n) is 6.17. The van der Waals surface area contributed by atoms with Crippen molar-refractivity contribution < 1.29 is 9.53 Å². The highest BCUT2D eigenvalue weighted by atomic mass is 16.5. The molecule has 15 heavy (non-hydrogen) atoms. The summed E-state index contributed by atoms with van der Waals surface area (Å²) in [6.07, 6.45) is 5.15. The number of likely N-dealkylation sites (tertiary alicyclic amines) is 1. The molecular weight excluding hydrogens is 190 g/mol. The highest BCUT2D eigenvalue weighted by Crippen LogP contribution is 2.14. The third-order valence-corrected chi connectivity index (χ3v) is 2.75. The van der Waals surface area contributed by atoms with Crippen LogP contribution in [-0.4, -0.2) is 36.6 Å². The van der Waals surface area contributed by atoms with Crippen molar-refractivity contribution in [3.63, 3.8) is 0 Å². The van der Waals surface area contributed by atoms with Crippen LogP contribution in [0.3, 0.4) is 0 Å². The fraction of sp³-hybridized carbons (Fsp3) is 0.917. The Hall–Kier alpha value is -0.570. The second kappa shape index (κ2) is 6.83. The highest BCUT2D eigenvalue weighted by molar-refractivity contribution is 5.76. The Morgan fingerprint density at radius 1 is 1.40 bits per heavy atom. The van der Waals surface area contributed by atoms with E-state index in [-0.39, 0.29) is 6.10 Å². The van der Waals surface area contributed by atoms with Gasteiger partial charge >= 0.3 is 0 Å². The molecule has 1 atom stereocenters. The molecule has 0 radical (unpaired) electrons.